The Morgan fingerprint density at radius 2 is 0.792 bits per heavy atom. The van der Waals surface area contributed by atoms with E-state index in [-0.39, 0.29) is 22.3 Å². The van der Waals surface area contributed by atoms with Gasteiger partial charge in [-0.1, -0.05) is 112 Å². The highest BCUT2D eigenvalue weighted by molar-refractivity contribution is 5.44. The molecule has 0 N–H and O–H groups in total. The van der Waals surface area contributed by atoms with Gasteiger partial charge >= 0.3 is 0 Å². The van der Waals surface area contributed by atoms with E-state index in [2.05, 4.69) is 92.7 Å². The fraction of sp³-hybridized carbons (Fsp3) is 0.250. The van der Waals surface area contributed by atoms with Gasteiger partial charge in [-0.25, -0.2) is 0 Å². The third-order valence-corrected chi connectivity index (χ3v) is 3.95. The van der Waals surface area contributed by atoms with E-state index < -0.39 is 0 Å². The lowest BCUT2D eigenvalue weighted by atomic mass is 9.85. The molecule has 3 aromatic carbocycles. The Hall–Kier alpha value is -2.34. The van der Waals surface area contributed by atoms with Crippen LogP contribution in [0.15, 0.2) is 78.9 Å². The zero-order chi connectivity index (χ0) is 14.7. The van der Waals surface area contributed by atoms with E-state index >= 15 is 0 Å². The highest BCUT2D eigenvalue weighted by atomic mass is 14.2. The summed E-state index contributed by atoms with van der Waals surface area (Å²) in [7, 11) is 0. The van der Waals surface area contributed by atoms with Crippen molar-refractivity contribution in [2.45, 2.75) is 42.0 Å². The van der Waals surface area contributed by atoms with Gasteiger partial charge in [0.2, 0.25) is 0 Å². The van der Waals surface area contributed by atoms with Crippen LogP contribution in [0.2, 0.25) is 0 Å². The van der Waals surface area contributed by atoms with Crippen LogP contribution in [0, 0.1) is 13.8 Å². The molecule has 0 heterocycles. The minimum atomic E-state index is 0. The summed E-state index contributed by atoms with van der Waals surface area (Å²) < 4.78 is 0. The van der Waals surface area contributed by atoms with E-state index in [1.54, 1.807) is 0 Å². The SMILES string of the molecule is C.C.C.Cc1ccc(C(c2ccccc2)c2ccc(C)cc2)cc1. The van der Waals surface area contributed by atoms with Crippen LogP contribution in [0.25, 0.3) is 0 Å². The molecule has 0 aliphatic heterocycles. The summed E-state index contributed by atoms with van der Waals surface area (Å²) in [5.74, 6) is 0.299. The van der Waals surface area contributed by atoms with Crippen LogP contribution in [0.3, 0.4) is 0 Å². The predicted molar refractivity (Wildman–Crippen MR) is 110 cm³/mol. The molecule has 0 aliphatic rings. The summed E-state index contributed by atoms with van der Waals surface area (Å²) in [5.41, 5.74) is 6.63. The van der Waals surface area contributed by atoms with Crippen molar-refractivity contribution in [2.75, 3.05) is 0 Å². The first kappa shape index (κ1) is 21.7. The van der Waals surface area contributed by atoms with Gasteiger partial charge in [0.15, 0.2) is 0 Å². The number of hydrogen-bond acceptors (Lipinski definition) is 0. The molecule has 0 atom stereocenters. The second kappa shape index (κ2) is 9.72. The van der Waals surface area contributed by atoms with Crippen LogP contribution in [-0.2, 0) is 0 Å². The molecule has 0 saturated heterocycles. The van der Waals surface area contributed by atoms with Gasteiger partial charge in [0.05, 0.1) is 0 Å². The molecule has 0 radical (unpaired) electrons. The molecular formula is C24H32. The summed E-state index contributed by atoms with van der Waals surface area (Å²) in [5, 5.41) is 0. The molecule has 0 saturated carbocycles. The Labute approximate surface area is 149 Å². The van der Waals surface area contributed by atoms with E-state index in [4.69, 9.17) is 0 Å². The van der Waals surface area contributed by atoms with E-state index in [0.29, 0.717) is 5.92 Å². The van der Waals surface area contributed by atoms with Gasteiger partial charge in [0.1, 0.15) is 0 Å². The van der Waals surface area contributed by atoms with Crippen LogP contribution in [0.1, 0.15) is 56.0 Å². The van der Waals surface area contributed by atoms with Gasteiger partial charge in [-0.2, -0.15) is 0 Å². The Bertz CT molecular complexity index is 646. The first-order valence-corrected chi connectivity index (χ1v) is 7.42. The monoisotopic (exact) mass is 320 g/mol. The molecule has 0 fully saturated rings. The standard InChI is InChI=1S/C21H20.3CH4/c1-16-8-12-19(13-9-16)21(18-6-4-3-5-7-18)20-14-10-17(2)11-15-20;;;/h3-15,21H,1-2H3;3*1H4. The lowest BCUT2D eigenvalue weighted by Gasteiger charge is -2.19. The zero-order valence-corrected chi connectivity index (χ0v) is 12.6. The molecule has 0 bridgehead atoms. The second-order valence-corrected chi connectivity index (χ2v) is 5.67. The lowest BCUT2D eigenvalue weighted by molar-refractivity contribution is 0.974. The highest BCUT2D eigenvalue weighted by Gasteiger charge is 2.16. The maximum absolute atomic E-state index is 2.24. The number of rotatable bonds is 3. The number of benzene rings is 3. The summed E-state index contributed by atoms with van der Waals surface area (Å²) in [6.07, 6.45) is 0. The average Bonchev–Trinajstić information content (AvgIpc) is 2.52. The highest BCUT2D eigenvalue weighted by Crippen LogP contribution is 2.32. The number of hydrogen-bond donors (Lipinski definition) is 0. The van der Waals surface area contributed by atoms with E-state index in [9.17, 15) is 0 Å². The Balaban J connectivity index is 0.00000176. The molecule has 0 unspecified atom stereocenters. The Kier molecular flexibility index (Phi) is 8.77. The van der Waals surface area contributed by atoms with Crippen molar-refractivity contribution in [3.63, 3.8) is 0 Å². The van der Waals surface area contributed by atoms with Gasteiger partial charge in [0.25, 0.3) is 0 Å². The van der Waals surface area contributed by atoms with Gasteiger partial charge in [-0.05, 0) is 30.5 Å². The second-order valence-electron chi connectivity index (χ2n) is 5.67. The molecule has 0 spiro atoms. The normalized spacial score (nSPS) is 9.46. The molecule has 0 amide bonds. The van der Waals surface area contributed by atoms with E-state index in [1.807, 2.05) is 0 Å². The minimum Gasteiger partial charge on any atom is -0.0776 e. The average molecular weight is 321 g/mol. The maximum atomic E-state index is 2.24. The van der Waals surface area contributed by atoms with E-state index in [1.165, 1.54) is 27.8 Å². The largest absolute Gasteiger partial charge is 0.0776 e. The molecule has 0 aromatic heterocycles. The Morgan fingerprint density at radius 3 is 1.17 bits per heavy atom. The summed E-state index contributed by atoms with van der Waals surface area (Å²) in [6.45, 7) is 4.26. The minimum absolute atomic E-state index is 0. The van der Waals surface area contributed by atoms with Crippen molar-refractivity contribution in [1.82, 2.24) is 0 Å². The first-order valence-electron chi connectivity index (χ1n) is 7.42. The topological polar surface area (TPSA) is 0 Å². The molecule has 0 nitrogen and oxygen atoms in total. The van der Waals surface area contributed by atoms with E-state index in [0.717, 1.165) is 0 Å². The molecule has 3 rings (SSSR count). The molecule has 128 valence electrons. The quantitative estimate of drug-likeness (QED) is 0.441. The van der Waals surface area contributed by atoms with Crippen molar-refractivity contribution in [3.8, 4) is 0 Å². The van der Waals surface area contributed by atoms with Crippen molar-refractivity contribution in [3.05, 3.63) is 107 Å². The van der Waals surface area contributed by atoms with Gasteiger partial charge in [-0.3, -0.25) is 0 Å². The van der Waals surface area contributed by atoms with Crippen molar-refractivity contribution in [1.29, 1.82) is 0 Å². The smallest absolute Gasteiger partial charge is 0.0339 e. The first-order chi connectivity index (χ1) is 10.2. The molecular weight excluding hydrogens is 288 g/mol. The van der Waals surface area contributed by atoms with Crippen LogP contribution in [0.5, 0.6) is 0 Å². The van der Waals surface area contributed by atoms with Crippen LogP contribution >= 0.6 is 0 Å². The molecule has 3 aromatic rings. The molecule has 0 aliphatic carbocycles. The zero-order valence-electron chi connectivity index (χ0n) is 12.6. The maximum Gasteiger partial charge on any atom is 0.0339 e. The van der Waals surface area contributed by atoms with Crippen LogP contribution in [0.4, 0.5) is 0 Å². The molecule has 24 heavy (non-hydrogen) atoms. The lowest BCUT2D eigenvalue weighted by Crippen LogP contribution is -2.03. The fourth-order valence-electron chi connectivity index (χ4n) is 2.74. The van der Waals surface area contributed by atoms with Gasteiger partial charge in [0, 0.05) is 5.92 Å². The summed E-state index contributed by atoms with van der Waals surface area (Å²) >= 11 is 0. The number of aryl methyl sites for hydroxylation is 2. The fourth-order valence-corrected chi connectivity index (χ4v) is 2.74. The third-order valence-electron chi connectivity index (χ3n) is 3.95. The van der Waals surface area contributed by atoms with Gasteiger partial charge < -0.3 is 0 Å². The van der Waals surface area contributed by atoms with Crippen molar-refractivity contribution >= 4 is 0 Å². The summed E-state index contributed by atoms with van der Waals surface area (Å²) in [4.78, 5) is 0. The van der Waals surface area contributed by atoms with Crippen molar-refractivity contribution in [2.24, 2.45) is 0 Å². The Morgan fingerprint density at radius 1 is 0.458 bits per heavy atom. The third kappa shape index (κ3) is 4.83. The van der Waals surface area contributed by atoms with Crippen molar-refractivity contribution < 1.29 is 0 Å². The van der Waals surface area contributed by atoms with Gasteiger partial charge in [-0.15, -0.1) is 0 Å². The van der Waals surface area contributed by atoms with Crippen LogP contribution < -0.4 is 0 Å². The molecule has 0 heteroatoms. The summed E-state index contributed by atoms with van der Waals surface area (Å²) in [6, 6.07) is 28.5. The predicted octanol–water partition coefficient (Wildman–Crippen LogP) is 7.39. The van der Waals surface area contributed by atoms with Crippen LogP contribution in [-0.4, -0.2) is 0 Å².